The molecule has 0 aliphatic carbocycles. The van der Waals surface area contributed by atoms with Crippen molar-refractivity contribution in [1.29, 1.82) is 0 Å². The molecule has 2 heteroatoms. The molecule has 0 aliphatic rings. The first-order chi connectivity index (χ1) is 10.9. The fraction of sp³-hybridized carbons (Fsp3) is 0.100. The van der Waals surface area contributed by atoms with E-state index in [-0.39, 0.29) is 0 Å². The van der Waals surface area contributed by atoms with Crippen LogP contribution in [0.25, 0.3) is 0 Å². The Morgan fingerprint density at radius 1 is 0.545 bits per heavy atom. The van der Waals surface area contributed by atoms with Crippen LogP contribution in [0.5, 0.6) is 0 Å². The first-order valence-electron chi connectivity index (χ1n) is 7.65. The number of rotatable bonds is 5. The number of hydrogen-bond acceptors (Lipinski definition) is 0. The Morgan fingerprint density at radius 2 is 0.864 bits per heavy atom. The van der Waals surface area contributed by atoms with Crippen LogP contribution >= 0.6 is 0 Å². The molecule has 0 unspecified atom stereocenters. The Balaban J connectivity index is 2.29. The molecule has 0 N–H and O–H groups in total. The van der Waals surface area contributed by atoms with Gasteiger partial charge in [-0.25, -0.2) is 0 Å². The van der Waals surface area contributed by atoms with E-state index in [1.54, 1.807) is 0 Å². The van der Waals surface area contributed by atoms with Gasteiger partial charge in [-0.1, -0.05) is 0 Å². The Morgan fingerprint density at radius 3 is 1.14 bits per heavy atom. The third kappa shape index (κ3) is 2.82. The second-order valence-corrected chi connectivity index (χ2v) is 10.5. The van der Waals surface area contributed by atoms with Gasteiger partial charge >= 0.3 is 142 Å². The molecular weight excluding hydrogens is 347 g/mol. The molecule has 22 heavy (non-hydrogen) atoms. The van der Waals surface area contributed by atoms with Gasteiger partial charge in [-0.05, 0) is 0 Å². The van der Waals surface area contributed by atoms with E-state index in [0.29, 0.717) is 0 Å². The van der Waals surface area contributed by atoms with Crippen LogP contribution in [0.15, 0.2) is 91.0 Å². The van der Waals surface area contributed by atoms with Gasteiger partial charge in [0.25, 0.3) is 0 Å². The molecule has 0 radical (unpaired) electrons. The molecule has 0 bridgehead atoms. The van der Waals surface area contributed by atoms with Crippen molar-refractivity contribution >= 4 is 39.6 Å². The van der Waals surface area contributed by atoms with Crippen molar-refractivity contribution in [2.75, 3.05) is 0 Å². The molecule has 0 fully saturated rings. The van der Waals surface area contributed by atoms with Gasteiger partial charge in [0, 0.05) is 0 Å². The molecule has 0 aromatic heterocycles. The SMILES string of the molecule is [SeH]CC[Si](c1ccccc1)(c1ccccc1)c1ccccc1. The van der Waals surface area contributed by atoms with Crippen molar-refractivity contribution in [2.24, 2.45) is 0 Å². The van der Waals surface area contributed by atoms with Crippen LogP contribution < -0.4 is 15.6 Å². The molecule has 0 spiro atoms. The Bertz CT molecular complexity index is 599. The third-order valence-corrected chi connectivity index (χ3v) is 10.6. The minimum atomic E-state index is -1.94. The summed E-state index contributed by atoms with van der Waals surface area (Å²) >= 11 is 2.77. The van der Waals surface area contributed by atoms with Gasteiger partial charge < -0.3 is 0 Å². The number of benzene rings is 3. The summed E-state index contributed by atoms with van der Waals surface area (Å²) in [5.41, 5.74) is 0. The van der Waals surface area contributed by atoms with Gasteiger partial charge in [-0.15, -0.1) is 0 Å². The first-order valence-corrected chi connectivity index (χ1v) is 11.2. The van der Waals surface area contributed by atoms with Crippen LogP contribution in [0.4, 0.5) is 0 Å². The first kappa shape index (κ1) is 15.3. The normalized spacial score (nSPS) is 11.3. The molecule has 0 aliphatic heterocycles. The van der Waals surface area contributed by atoms with Gasteiger partial charge in [0.05, 0.1) is 0 Å². The standard InChI is InChI=1S/C20H20SeSi/c21-16-17-22(18-10-4-1-5-11-18,19-12-6-2-7-13-19)20-14-8-3-9-15-20/h1-15,21H,16-17H2. The van der Waals surface area contributed by atoms with Crippen molar-refractivity contribution in [1.82, 2.24) is 0 Å². The van der Waals surface area contributed by atoms with E-state index in [1.807, 2.05) is 0 Å². The van der Waals surface area contributed by atoms with Gasteiger partial charge in [-0.3, -0.25) is 0 Å². The zero-order chi connectivity index (χ0) is 15.3. The summed E-state index contributed by atoms with van der Waals surface area (Å²) < 4.78 is 0. The van der Waals surface area contributed by atoms with Crippen LogP contribution in [-0.4, -0.2) is 24.1 Å². The quantitative estimate of drug-likeness (QED) is 0.480. The maximum atomic E-state index is 2.77. The van der Waals surface area contributed by atoms with Crippen LogP contribution in [0.1, 0.15) is 0 Å². The van der Waals surface area contributed by atoms with E-state index in [2.05, 4.69) is 107 Å². The fourth-order valence-electron chi connectivity index (χ4n) is 3.27. The zero-order valence-electron chi connectivity index (χ0n) is 12.5. The molecule has 3 aromatic rings. The summed E-state index contributed by atoms with van der Waals surface area (Å²) in [5.74, 6) is 0. The Hall–Kier alpha value is -1.60. The van der Waals surface area contributed by atoms with Crippen molar-refractivity contribution in [3.8, 4) is 0 Å². The summed E-state index contributed by atoms with van der Waals surface area (Å²) in [6, 6.07) is 34.5. The van der Waals surface area contributed by atoms with Crippen LogP contribution in [0.3, 0.4) is 0 Å². The van der Waals surface area contributed by atoms with E-state index in [1.165, 1.54) is 21.6 Å². The Labute approximate surface area is 142 Å². The molecule has 0 saturated heterocycles. The average Bonchev–Trinajstić information content (AvgIpc) is 2.62. The second-order valence-electron chi connectivity index (χ2n) is 5.48. The molecule has 3 rings (SSSR count). The van der Waals surface area contributed by atoms with E-state index >= 15 is 0 Å². The summed E-state index contributed by atoms with van der Waals surface area (Å²) in [6.45, 7) is 0. The predicted molar refractivity (Wildman–Crippen MR) is 101 cm³/mol. The monoisotopic (exact) mass is 368 g/mol. The summed E-state index contributed by atoms with van der Waals surface area (Å²) in [4.78, 5) is 0. The van der Waals surface area contributed by atoms with Gasteiger partial charge in [0.15, 0.2) is 0 Å². The van der Waals surface area contributed by atoms with Gasteiger partial charge in [0.1, 0.15) is 0 Å². The predicted octanol–water partition coefficient (Wildman–Crippen LogP) is 2.48. The van der Waals surface area contributed by atoms with E-state index in [9.17, 15) is 0 Å². The molecular formula is C20H20SeSi. The van der Waals surface area contributed by atoms with Crippen molar-refractivity contribution in [2.45, 2.75) is 11.4 Å². The summed E-state index contributed by atoms with van der Waals surface area (Å²) in [7, 11) is -1.94. The third-order valence-electron chi connectivity index (χ3n) is 4.29. The summed E-state index contributed by atoms with van der Waals surface area (Å²) in [6.07, 6.45) is 0. The minimum absolute atomic E-state index is 1.14. The van der Waals surface area contributed by atoms with Gasteiger partial charge in [0.2, 0.25) is 0 Å². The molecule has 0 nitrogen and oxygen atoms in total. The second kappa shape index (κ2) is 7.10. The van der Waals surface area contributed by atoms with Crippen molar-refractivity contribution in [3.63, 3.8) is 0 Å². The summed E-state index contributed by atoms with van der Waals surface area (Å²) in [5, 5.41) is 5.63. The topological polar surface area (TPSA) is 0 Å². The molecule has 0 heterocycles. The molecule has 110 valence electrons. The molecule has 0 amide bonds. The van der Waals surface area contributed by atoms with E-state index in [4.69, 9.17) is 0 Å². The number of hydrogen-bond donors (Lipinski definition) is 0. The molecule has 0 saturated carbocycles. The molecule has 3 aromatic carbocycles. The van der Waals surface area contributed by atoms with Crippen LogP contribution in [0, 0.1) is 0 Å². The van der Waals surface area contributed by atoms with Crippen molar-refractivity contribution in [3.05, 3.63) is 91.0 Å². The van der Waals surface area contributed by atoms with Crippen LogP contribution in [0.2, 0.25) is 11.4 Å². The van der Waals surface area contributed by atoms with Gasteiger partial charge in [-0.2, -0.15) is 0 Å². The van der Waals surface area contributed by atoms with Crippen molar-refractivity contribution < 1.29 is 0 Å². The Kier molecular flexibility index (Phi) is 4.94. The fourth-order valence-corrected chi connectivity index (χ4v) is 9.87. The van der Waals surface area contributed by atoms with Crippen LogP contribution in [-0.2, 0) is 0 Å². The average molecular weight is 367 g/mol. The zero-order valence-corrected chi connectivity index (χ0v) is 15.4. The molecule has 0 atom stereocenters. The maximum absolute atomic E-state index is 2.77. The van der Waals surface area contributed by atoms with E-state index in [0.717, 1.165) is 5.32 Å². The van der Waals surface area contributed by atoms with E-state index < -0.39 is 8.07 Å².